The average molecular weight is 1300 g/mol. The summed E-state index contributed by atoms with van der Waals surface area (Å²) >= 11 is 5.73. The Labute approximate surface area is 519 Å². The molecule has 0 spiro atoms. The van der Waals surface area contributed by atoms with Crippen LogP contribution in [-0.2, 0) is 68.5 Å². The van der Waals surface area contributed by atoms with Crippen LogP contribution in [0.4, 0.5) is 31.9 Å². The molecule has 1 radical (unpaired) electrons. The molecule has 37 heteroatoms. The van der Waals surface area contributed by atoms with Gasteiger partial charge in [-0.05, 0) is 37.9 Å². The third kappa shape index (κ3) is 38.8. The molecule has 81 heavy (non-hydrogen) atoms. The number of Topliss-reactive ketones (excluding diaryl/α,β-unsaturated/α-hetero) is 1. The van der Waals surface area contributed by atoms with Gasteiger partial charge in [0.1, 0.15) is 30.2 Å². The third-order valence-electron chi connectivity index (χ3n) is 10.4. The number of halogens is 4. The van der Waals surface area contributed by atoms with Gasteiger partial charge in [-0.25, -0.2) is 0 Å². The van der Waals surface area contributed by atoms with Crippen molar-refractivity contribution in [3.05, 3.63) is 29.6 Å². The molecule has 0 fully saturated rings. The Morgan fingerprint density at radius 3 is 1.38 bits per heavy atom. The monoisotopic (exact) mass is 1300 g/mol. The maximum atomic E-state index is 12.7. The Balaban J connectivity index is -0.000000568. The number of rotatable bonds is 27. The van der Waals surface area contributed by atoms with Gasteiger partial charge in [-0.15, -0.1) is 0 Å². The first-order chi connectivity index (χ1) is 36.1. The summed E-state index contributed by atoms with van der Waals surface area (Å²) in [5.41, 5.74) is 17.4. The molecule has 463 valence electrons. The minimum Gasteiger partial charge on any atom is -0.870 e. The SMILES string of the molecule is C.C.COC(=O)[C@H](CS)CC(=O)C(F)(F)F.NC(CSC(=O)NCCC(C(=O)O)N1CCN(CCCNC(=O)SC[C@H](N)C(=O)O)CCN(C(CCNC(=O)SC[C@H](N)C(=O)O)C(=O)O)Cc2cccc(n2)C1)C(=O)O.[2H]CF.[Mn].[Na+].[OH-]. The van der Waals surface area contributed by atoms with E-state index in [0.717, 1.165) is 18.9 Å². The molecule has 15 N–H and O–H groups in total. The normalized spacial score (nSPS) is 15.0. The van der Waals surface area contributed by atoms with E-state index in [1.807, 2.05) is 4.90 Å². The number of methoxy groups -OCH3 is 1. The van der Waals surface area contributed by atoms with Gasteiger partial charge < -0.3 is 73.8 Å². The van der Waals surface area contributed by atoms with Gasteiger partial charge in [0.2, 0.25) is 5.78 Å². The number of carboxylic acid groups (broad SMARTS) is 5. The van der Waals surface area contributed by atoms with Crippen LogP contribution >= 0.6 is 47.9 Å². The van der Waals surface area contributed by atoms with Crippen molar-refractivity contribution in [1.29, 1.82) is 0 Å². The van der Waals surface area contributed by atoms with Gasteiger partial charge in [0.15, 0.2) is 0 Å². The van der Waals surface area contributed by atoms with Crippen LogP contribution in [0.5, 0.6) is 0 Å². The van der Waals surface area contributed by atoms with Crippen LogP contribution in [-0.4, -0.2) is 234 Å². The van der Waals surface area contributed by atoms with Crippen molar-refractivity contribution in [1.82, 2.24) is 35.6 Å². The van der Waals surface area contributed by atoms with E-state index in [1.165, 1.54) is 0 Å². The van der Waals surface area contributed by atoms with Gasteiger partial charge in [0, 0.05) is 105 Å². The first-order valence-corrected chi connectivity index (χ1v) is 26.1. The second-order valence-corrected chi connectivity index (χ2v) is 19.3. The van der Waals surface area contributed by atoms with Crippen LogP contribution in [0.15, 0.2) is 18.2 Å². The summed E-state index contributed by atoms with van der Waals surface area (Å²) in [7, 11) is 0.0385. The zero-order valence-electron chi connectivity index (χ0n) is 43.9. The van der Waals surface area contributed by atoms with E-state index in [0.29, 0.717) is 47.9 Å². The number of nitrogens with zero attached hydrogens (tertiary/aromatic N) is 4. The van der Waals surface area contributed by atoms with Crippen molar-refractivity contribution >= 4 is 105 Å². The molecule has 3 amide bonds. The molecular formula is C44H75F4MnN10NaO17S4. The molecule has 3 unspecified atom stereocenters. The summed E-state index contributed by atoms with van der Waals surface area (Å²) in [5, 5.41) is 53.9. The number of fused-ring (bicyclic) bond motifs is 2. The molecule has 0 aromatic carbocycles. The number of hydrogen-bond acceptors (Lipinski definition) is 23. The number of thiol groups is 1. The fourth-order valence-electron chi connectivity index (χ4n) is 6.32. The molecule has 1 aliphatic rings. The van der Waals surface area contributed by atoms with E-state index >= 15 is 0 Å². The third-order valence-corrected chi connectivity index (χ3v) is 13.6. The Morgan fingerprint density at radius 2 is 1.07 bits per heavy atom. The van der Waals surface area contributed by atoms with Gasteiger partial charge >= 0.3 is 71.5 Å². The minimum atomic E-state index is -4.91. The number of aliphatic carboxylic acids is 5. The molecule has 2 rings (SSSR count). The fraction of sp³-hybridized carbons (Fsp3) is 0.659. The van der Waals surface area contributed by atoms with Crippen LogP contribution in [0, 0.1) is 5.92 Å². The van der Waals surface area contributed by atoms with Gasteiger partial charge in [-0.1, -0.05) is 56.2 Å². The van der Waals surface area contributed by atoms with Crippen LogP contribution < -0.4 is 62.7 Å². The summed E-state index contributed by atoms with van der Waals surface area (Å²) in [4.78, 5) is 127. The van der Waals surface area contributed by atoms with Crippen LogP contribution in [0.1, 0.15) is 53.3 Å². The number of alkyl halides is 4. The molecule has 1 aromatic rings. The molecule has 0 saturated heterocycles. The summed E-state index contributed by atoms with van der Waals surface area (Å²) in [6, 6.07) is -0.787. The standard InChI is InChI=1S/C34H54N10O13S3.C7H9F3O3S.CH3F.2CH4.Mn.Na.H2O/c35-22(27(45)46)17-58-32(55)38-7-2-10-42-11-13-43(25(30(51)52)5-8-39-33(56)59-18-23(36)28(47)48)15-20-3-1-4-21(41-20)16-44(14-12-42)26(31(53)54)6-9-40-34(57)60-19-24(37)29(49)50;1-13-6(12)4(3-14)2-5(11)7(8,9)10;1-2;;;;;/h1,3-4,22-26H,2,5-19,35-37H2,(H,38,55)(H,39,56)(H,40,57)(H,45,46)(H,47,48)(H,49,50)(H,51,52)(H,53,54);4,14H,2-3H2,1H3;1H3;2*1H4;;;1H2/q;;;;;;+1;/p-1/t22-,23-,24?,25?,26?;4-;;;;;;/m00....../s1/i;;1D;;;;;. The topological polar surface area (TPSA) is 448 Å². The zero-order chi connectivity index (χ0) is 58.8. The number of hydrogen-bond donors (Lipinski definition) is 12. The van der Waals surface area contributed by atoms with Crippen molar-refractivity contribution in [2.24, 2.45) is 23.1 Å². The van der Waals surface area contributed by atoms with Crippen molar-refractivity contribution in [2.75, 3.05) is 89.6 Å². The van der Waals surface area contributed by atoms with E-state index in [2.05, 4.69) is 33.3 Å². The zero-order valence-corrected chi connectivity index (χ0v) is 49.4. The number of pyridine rings is 1. The maximum absolute atomic E-state index is 12.7. The van der Waals surface area contributed by atoms with E-state index in [9.17, 15) is 75.7 Å². The van der Waals surface area contributed by atoms with Crippen molar-refractivity contribution in [3.63, 3.8) is 0 Å². The molecule has 2 heterocycles. The Hall–Kier alpha value is -3.59. The molecule has 1 aromatic heterocycles. The average Bonchev–Trinajstić information content (AvgIpc) is 3.36. The molecule has 0 saturated carbocycles. The quantitative estimate of drug-likeness (QED) is 0.0158. The smallest absolute Gasteiger partial charge is 0.870 e. The van der Waals surface area contributed by atoms with Gasteiger partial charge in [0.05, 0.1) is 32.9 Å². The molecule has 0 aliphatic carbocycles. The van der Waals surface area contributed by atoms with Gasteiger partial charge in [-0.2, -0.15) is 25.8 Å². The van der Waals surface area contributed by atoms with Crippen LogP contribution in [0.3, 0.4) is 0 Å². The van der Waals surface area contributed by atoms with Gasteiger partial charge in [0.25, 0.3) is 15.7 Å². The number of carbonyl (C=O) groups is 10. The second kappa shape index (κ2) is 48.7. The van der Waals surface area contributed by atoms with E-state index in [4.69, 9.17) is 38.9 Å². The number of nitrogens with one attached hydrogen (secondary N) is 3. The number of aromatic nitrogens is 1. The van der Waals surface area contributed by atoms with Crippen LogP contribution in [0.2, 0.25) is 0 Å². The van der Waals surface area contributed by atoms with E-state index < -0.39 is 113 Å². The summed E-state index contributed by atoms with van der Waals surface area (Å²) in [5.74, 6) is -10.7. The number of carboxylic acids is 5. The number of ether oxygens (including phenoxy) is 1. The molecule has 1 aliphatic heterocycles. The number of ketones is 1. The molecule has 6 atom stereocenters. The number of nitrogens with two attached hydrogens (primary N) is 3. The van der Waals surface area contributed by atoms with Crippen molar-refractivity contribution in [2.45, 2.75) is 90.0 Å². The number of thioether (sulfide) groups is 3. The Kier molecular flexibility index (Phi) is 51.9. The van der Waals surface area contributed by atoms with E-state index in [1.54, 1.807) is 28.0 Å². The van der Waals surface area contributed by atoms with Gasteiger partial charge in [-0.3, -0.25) is 67.1 Å². The predicted octanol–water partition coefficient (Wildman–Crippen LogP) is -1.45. The molecular weight excluding hydrogens is 1220 g/mol. The molecule has 27 nitrogen and oxygen atoms in total. The second-order valence-electron chi connectivity index (χ2n) is 16.0. The first kappa shape index (κ1) is 86.2. The number of amides is 3. The van der Waals surface area contributed by atoms with Crippen molar-refractivity contribution in [3.8, 4) is 0 Å². The summed E-state index contributed by atoms with van der Waals surface area (Å²) in [6.07, 6.45) is -5.45. The van der Waals surface area contributed by atoms with Crippen molar-refractivity contribution < 1.29 is 149 Å². The molecule has 2 bridgehead atoms. The maximum Gasteiger partial charge on any atom is 1.00 e. The minimum absolute atomic E-state index is 0. The summed E-state index contributed by atoms with van der Waals surface area (Å²) < 4.78 is 55.1. The van der Waals surface area contributed by atoms with E-state index in [-0.39, 0.29) is 162 Å². The Bertz CT molecular complexity index is 2020. The number of carbonyl (C=O) groups excluding carboxylic acids is 5. The Morgan fingerprint density at radius 1 is 0.716 bits per heavy atom. The fourth-order valence-corrected chi connectivity index (χ4v) is 8.63. The largest absolute Gasteiger partial charge is 1.00 e. The first-order valence-electron chi connectivity index (χ1n) is 23.2. The van der Waals surface area contributed by atoms with Crippen LogP contribution in [0.25, 0.3) is 0 Å². The predicted molar refractivity (Wildman–Crippen MR) is 290 cm³/mol. The summed E-state index contributed by atoms with van der Waals surface area (Å²) in [6.45, 7) is 1.56. The number of esters is 1.